The Hall–Kier alpha value is -1.18. The molecule has 0 saturated heterocycles. The molecule has 2 heteroatoms. The second kappa shape index (κ2) is 5.06. The molecule has 0 spiro atoms. The summed E-state index contributed by atoms with van der Waals surface area (Å²) >= 11 is 0. The van der Waals surface area contributed by atoms with Gasteiger partial charge in [-0.25, -0.2) is 0 Å². The van der Waals surface area contributed by atoms with Crippen LogP contribution in [0, 0.1) is 0 Å². The molecular weight excluding hydrogens is 188 g/mol. The van der Waals surface area contributed by atoms with Gasteiger partial charge in [0.2, 0.25) is 0 Å². The van der Waals surface area contributed by atoms with Crippen LogP contribution in [-0.2, 0) is 6.42 Å². The van der Waals surface area contributed by atoms with E-state index in [2.05, 4.69) is 6.92 Å². The summed E-state index contributed by atoms with van der Waals surface area (Å²) in [6.07, 6.45) is 3.05. The van der Waals surface area contributed by atoms with Crippen LogP contribution in [-0.4, -0.2) is 10.2 Å². The van der Waals surface area contributed by atoms with E-state index in [0.29, 0.717) is 5.56 Å². The number of phenols is 2. The lowest BCUT2D eigenvalue weighted by molar-refractivity contribution is 0.428. The maximum atomic E-state index is 10.0. The average molecular weight is 208 g/mol. The smallest absolute Gasteiger partial charge is 0.125 e. The minimum Gasteiger partial charge on any atom is -0.508 e. The summed E-state index contributed by atoms with van der Waals surface area (Å²) in [4.78, 5) is 0. The first kappa shape index (κ1) is 11.9. The van der Waals surface area contributed by atoms with E-state index >= 15 is 0 Å². The van der Waals surface area contributed by atoms with Crippen molar-refractivity contribution in [1.82, 2.24) is 0 Å². The van der Waals surface area contributed by atoms with E-state index in [1.807, 2.05) is 19.9 Å². The highest BCUT2D eigenvalue weighted by Gasteiger charge is 2.14. The topological polar surface area (TPSA) is 40.5 Å². The van der Waals surface area contributed by atoms with Gasteiger partial charge in [0.05, 0.1) is 0 Å². The van der Waals surface area contributed by atoms with E-state index in [4.69, 9.17) is 0 Å². The fourth-order valence-corrected chi connectivity index (χ4v) is 1.78. The van der Waals surface area contributed by atoms with Crippen molar-refractivity contribution < 1.29 is 10.2 Å². The molecule has 0 amide bonds. The molecule has 2 nitrogen and oxygen atoms in total. The zero-order valence-electron chi connectivity index (χ0n) is 9.75. The largest absolute Gasteiger partial charge is 0.508 e. The van der Waals surface area contributed by atoms with Crippen molar-refractivity contribution in [3.63, 3.8) is 0 Å². The van der Waals surface area contributed by atoms with Crippen molar-refractivity contribution in [2.24, 2.45) is 0 Å². The van der Waals surface area contributed by atoms with Crippen molar-refractivity contribution in [2.75, 3.05) is 0 Å². The summed E-state index contributed by atoms with van der Waals surface area (Å²) in [6, 6.07) is 3.49. The third-order valence-corrected chi connectivity index (χ3v) is 2.65. The zero-order valence-corrected chi connectivity index (χ0v) is 9.75. The van der Waals surface area contributed by atoms with Gasteiger partial charge in [-0.05, 0) is 30.4 Å². The van der Waals surface area contributed by atoms with Crippen molar-refractivity contribution in [3.05, 3.63) is 23.3 Å². The summed E-state index contributed by atoms with van der Waals surface area (Å²) in [6.45, 7) is 6.07. The molecule has 1 aromatic rings. The molecular formula is C13H20O2. The minimum atomic E-state index is 0.145. The standard InChI is InChI=1S/C13H20O2/c1-4-5-6-10-7-8-11(14)12(9(2)3)13(10)15/h7-9,14-15H,4-6H2,1-3H3. The van der Waals surface area contributed by atoms with Crippen LogP contribution in [0.4, 0.5) is 0 Å². The van der Waals surface area contributed by atoms with E-state index in [1.165, 1.54) is 0 Å². The highest BCUT2D eigenvalue weighted by molar-refractivity contribution is 5.50. The molecule has 0 aliphatic carbocycles. The number of unbranched alkanes of at least 4 members (excludes halogenated alkanes) is 1. The number of hydrogen-bond acceptors (Lipinski definition) is 2. The maximum Gasteiger partial charge on any atom is 0.125 e. The quantitative estimate of drug-likeness (QED) is 0.794. The number of aryl methyl sites for hydroxylation is 1. The Morgan fingerprint density at radius 3 is 2.40 bits per heavy atom. The van der Waals surface area contributed by atoms with Gasteiger partial charge in [-0.2, -0.15) is 0 Å². The molecule has 0 radical (unpaired) electrons. The third-order valence-electron chi connectivity index (χ3n) is 2.65. The van der Waals surface area contributed by atoms with Crippen LogP contribution in [0.25, 0.3) is 0 Å². The van der Waals surface area contributed by atoms with Crippen LogP contribution in [0.1, 0.15) is 50.7 Å². The van der Waals surface area contributed by atoms with Gasteiger partial charge in [-0.15, -0.1) is 0 Å². The first-order chi connectivity index (χ1) is 7.07. The minimum absolute atomic E-state index is 0.145. The summed E-state index contributed by atoms with van der Waals surface area (Å²) in [5.74, 6) is 0.618. The molecule has 0 atom stereocenters. The molecule has 0 aliphatic rings. The second-order valence-electron chi connectivity index (χ2n) is 4.26. The number of phenolic OH excluding ortho intramolecular Hbond substituents is 2. The van der Waals surface area contributed by atoms with Crippen LogP contribution in [0.3, 0.4) is 0 Å². The van der Waals surface area contributed by atoms with E-state index < -0.39 is 0 Å². The van der Waals surface area contributed by atoms with Gasteiger partial charge in [-0.3, -0.25) is 0 Å². The van der Waals surface area contributed by atoms with Crippen LogP contribution >= 0.6 is 0 Å². The highest BCUT2D eigenvalue weighted by Crippen LogP contribution is 2.36. The highest BCUT2D eigenvalue weighted by atomic mass is 16.3. The van der Waals surface area contributed by atoms with Gasteiger partial charge >= 0.3 is 0 Å². The van der Waals surface area contributed by atoms with Gasteiger partial charge in [0.25, 0.3) is 0 Å². The van der Waals surface area contributed by atoms with E-state index in [9.17, 15) is 10.2 Å². The Morgan fingerprint density at radius 1 is 1.20 bits per heavy atom. The first-order valence-electron chi connectivity index (χ1n) is 5.61. The molecule has 2 N–H and O–H groups in total. The number of benzene rings is 1. The summed E-state index contributed by atoms with van der Waals surface area (Å²) < 4.78 is 0. The lowest BCUT2D eigenvalue weighted by Crippen LogP contribution is -1.94. The van der Waals surface area contributed by atoms with E-state index in [1.54, 1.807) is 6.07 Å². The van der Waals surface area contributed by atoms with Crippen molar-refractivity contribution in [2.45, 2.75) is 46.0 Å². The van der Waals surface area contributed by atoms with Crippen molar-refractivity contribution in [1.29, 1.82) is 0 Å². The Labute approximate surface area is 91.6 Å². The molecule has 1 rings (SSSR count). The number of hydrogen-bond donors (Lipinski definition) is 2. The van der Waals surface area contributed by atoms with E-state index in [-0.39, 0.29) is 17.4 Å². The van der Waals surface area contributed by atoms with Crippen LogP contribution in [0.5, 0.6) is 11.5 Å². The van der Waals surface area contributed by atoms with Gasteiger partial charge in [0.15, 0.2) is 0 Å². The fraction of sp³-hybridized carbons (Fsp3) is 0.538. The normalized spacial score (nSPS) is 10.9. The Morgan fingerprint density at radius 2 is 1.87 bits per heavy atom. The molecule has 0 unspecified atom stereocenters. The summed E-state index contributed by atoms with van der Waals surface area (Å²) in [5, 5.41) is 19.7. The first-order valence-corrected chi connectivity index (χ1v) is 5.61. The van der Waals surface area contributed by atoms with Gasteiger partial charge < -0.3 is 10.2 Å². The molecule has 0 aliphatic heterocycles. The number of rotatable bonds is 4. The predicted molar refractivity (Wildman–Crippen MR) is 62.5 cm³/mol. The van der Waals surface area contributed by atoms with E-state index in [0.717, 1.165) is 24.8 Å². The SMILES string of the molecule is CCCCc1ccc(O)c(C(C)C)c1O. The molecule has 0 saturated carbocycles. The lowest BCUT2D eigenvalue weighted by Gasteiger charge is -2.14. The Bertz CT molecular complexity index is 330. The molecule has 15 heavy (non-hydrogen) atoms. The third kappa shape index (κ3) is 2.65. The molecule has 84 valence electrons. The zero-order chi connectivity index (χ0) is 11.4. The molecule has 0 bridgehead atoms. The Balaban J connectivity index is 3.05. The fourth-order valence-electron chi connectivity index (χ4n) is 1.78. The predicted octanol–water partition coefficient (Wildman–Crippen LogP) is 3.56. The van der Waals surface area contributed by atoms with Crippen LogP contribution in [0.15, 0.2) is 12.1 Å². The maximum absolute atomic E-state index is 10.0. The molecule has 0 aromatic heterocycles. The van der Waals surface area contributed by atoms with Crippen LogP contribution < -0.4 is 0 Å². The monoisotopic (exact) mass is 208 g/mol. The molecule has 0 fully saturated rings. The molecule has 1 aromatic carbocycles. The number of aromatic hydroxyl groups is 2. The average Bonchev–Trinajstić information content (AvgIpc) is 2.16. The van der Waals surface area contributed by atoms with Gasteiger partial charge in [-0.1, -0.05) is 33.3 Å². The van der Waals surface area contributed by atoms with Gasteiger partial charge in [0.1, 0.15) is 11.5 Å². The van der Waals surface area contributed by atoms with Gasteiger partial charge in [0, 0.05) is 5.56 Å². The second-order valence-corrected chi connectivity index (χ2v) is 4.26. The Kier molecular flexibility index (Phi) is 4.01. The summed E-state index contributed by atoms with van der Waals surface area (Å²) in [5.41, 5.74) is 1.61. The van der Waals surface area contributed by atoms with Crippen molar-refractivity contribution in [3.8, 4) is 11.5 Å². The van der Waals surface area contributed by atoms with Crippen molar-refractivity contribution >= 4 is 0 Å². The molecule has 0 heterocycles. The lowest BCUT2D eigenvalue weighted by atomic mass is 9.96. The van der Waals surface area contributed by atoms with Crippen LogP contribution in [0.2, 0.25) is 0 Å². The summed E-state index contributed by atoms with van der Waals surface area (Å²) in [7, 11) is 0.